The number of hydrogen-bond acceptors (Lipinski definition) is 1. The van der Waals surface area contributed by atoms with Gasteiger partial charge in [0.2, 0.25) is 0 Å². The predicted molar refractivity (Wildman–Crippen MR) is 57.7 cm³/mol. The van der Waals surface area contributed by atoms with Crippen molar-refractivity contribution in [2.45, 2.75) is 52.9 Å². The molecule has 0 aliphatic carbocycles. The van der Waals surface area contributed by atoms with E-state index in [4.69, 9.17) is 0 Å². The number of carbonyl (C=O) groups excluding carboxylic acids is 1. The Hall–Kier alpha value is -0.590. The van der Waals surface area contributed by atoms with E-state index in [2.05, 4.69) is 26.8 Å². The third-order valence-electron chi connectivity index (χ3n) is 2.51. The highest BCUT2D eigenvalue weighted by atomic mass is 16.1. The summed E-state index contributed by atoms with van der Waals surface area (Å²) in [6.07, 6.45) is 8.96. The van der Waals surface area contributed by atoms with Crippen LogP contribution in [0, 0.1) is 5.92 Å². The molecule has 1 heteroatoms. The first-order valence-corrected chi connectivity index (χ1v) is 5.41. The molecule has 0 amide bonds. The monoisotopic (exact) mass is 182 g/mol. The first-order chi connectivity index (χ1) is 6.26. The molecule has 0 saturated carbocycles. The second-order valence-electron chi connectivity index (χ2n) is 3.63. The average molecular weight is 182 g/mol. The molecule has 0 aromatic heterocycles. The van der Waals surface area contributed by atoms with Crippen molar-refractivity contribution in [2.75, 3.05) is 0 Å². The van der Waals surface area contributed by atoms with Crippen LogP contribution < -0.4 is 0 Å². The second-order valence-corrected chi connectivity index (χ2v) is 3.63. The minimum absolute atomic E-state index is 0.430. The van der Waals surface area contributed by atoms with E-state index in [1.807, 2.05) is 0 Å². The van der Waals surface area contributed by atoms with E-state index in [-0.39, 0.29) is 0 Å². The van der Waals surface area contributed by atoms with Crippen LogP contribution in [0.15, 0.2) is 11.6 Å². The van der Waals surface area contributed by atoms with Crippen molar-refractivity contribution in [1.82, 2.24) is 0 Å². The van der Waals surface area contributed by atoms with Gasteiger partial charge in [0.1, 0.15) is 6.29 Å². The molecule has 0 aromatic rings. The molecule has 0 rings (SSSR count). The van der Waals surface area contributed by atoms with Gasteiger partial charge in [-0.1, -0.05) is 39.7 Å². The van der Waals surface area contributed by atoms with E-state index < -0.39 is 0 Å². The summed E-state index contributed by atoms with van der Waals surface area (Å²) in [4.78, 5) is 10.7. The molecule has 0 aliphatic heterocycles. The van der Waals surface area contributed by atoms with Gasteiger partial charge in [-0.3, -0.25) is 4.79 Å². The largest absolute Gasteiger partial charge is 0.298 e. The first kappa shape index (κ1) is 12.4. The van der Waals surface area contributed by atoms with Gasteiger partial charge in [-0.15, -0.1) is 0 Å². The maximum absolute atomic E-state index is 10.7. The zero-order chi connectivity index (χ0) is 10.1. The zero-order valence-electron chi connectivity index (χ0n) is 9.18. The smallest absolute Gasteiger partial charge is 0.145 e. The Bertz CT molecular complexity index is 159. The molecule has 1 atom stereocenters. The van der Waals surface area contributed by atoms with E-state index in [1.54, 1.807) is 0 Å². The molecule has 0 aromatic carbocycles. The van der Waals surface area contributed by atoms with Crippen LogP contribution in [0.25, 0.3) is 0 Å². The van der Waals surface area contributed by atoms with E-state index >= 15 is 0 Å². The highest BCUT2D eigenvalue weighted by Gasteiger charge is 2.03. The van der Waals surface area contributed by atoms with Gasteiger partial charge in [0, 0.05) is 0 Å². The Labute approximate surface area is 82.2 Å². The van der Waals surface area contributed by atoms with Crippen molar-refractivity contribution in [3.05, 3.63) is 11.6 Å². The van der Waals surface area contributed by atoms with Gasteiger partial charge in [0.25, 0.3) is 0 Å². The molecule has 1 nitrogen and oxygen atoms in total. The summed E-state index contributed by atoms with van der Waals surface area (Å²) in [5.41, 5.74) is 0.985. The van der Waals surface area contributed by atoms with E-state index in [1.165, 1.54) is 19.3 Å². The van der Waals surface area contributed by atoms with Gasteiger partial charge < -0.3 is 0 Å². The highest BCUT2D eigenvalue weighted by Crippen LogP contribution is 2.13. The lowest BCUT2D eigenvalue weighted by molar-refractivity contribution is -0.105. The van der Waals surface area contributed by atoms with Gasteiger partial charge in [0.05, 0.1) is 0 Å². The maximum atomic E-state index is 10.7. The van der Waals surface area contributed by atoms with Crippen molar-refractivity contribution in [3.63, 3.8) is 0 Å². The fraction of sp³-hybridized carbons (Fsp3) is 0.750. The Kier molecular flexibility index (Phi) is 7.66. The molecule has 0 bridgehead atoms. The van der Waals surface area contributed by atoms with Crippen LogP contribution in [0.5, 0.6) is 0 Å². The molecule has 13 heavy (non-hydrogen) atoms. The van der Waals surface area contributed by atoms with E-state index in [9.17, 15) is 4.79 Å². The molecule has 0 saturated heterocycles. The van der Waals surface area contributed by atoms with Crippen molar-refractivity contribution in [3.8, 4) is 0 Å². The minimum Gasteiger partial charge on any atom is -0.298 e. The lowest BCUT2D eigenvalue weighted by atomic mass is 9.98. The van der Waals surface area contributed by atoms with E-state index in [0.29, 0.717) is 5.92 Å². The number of unbranched alkanes of at least 4 members (excludes halogenated alkanes) is 3. The average Bonchev–Trinajstić information content (AvgIpc) is 2.17. The topological polar surface area (TPSA) is 17.1 Å². The summed E-state index contributed by atoms with van der Waals surface area (Å²) < 4.78 is 0. The summed E-state index contributed by atoms with van der Waals surface area (Å²) >= 11 is 0. The lowest BCUT2D eigenvalue weighted by Gasteiger charge is -2.07. The zero-order valence-corrected chi connectivity index (χ0v) is 9.18. The fourth-order valence-corrected chi connectivity index (χ4v) is 1.26. The summed E-state index contributed by atoms with van der Waals surface area (Å²) in [6.45, 7) is 6.42. The van der Waals surface area contributed by atoms with Crippen molar-refractivity contribution in [1.29, 1.82) is 0 Å². The molecule has 0 heterocycles. The third kappa shape index (κ3) is 5.62. The second kappa shape index (κ2) is 8.03. The normalized spacial score (nSPS) is 14.2. The summed E-state index contributed by atoms with van der Waals surface area (Å²) in [5.74, 6) is 0.430. The first-order valence-electron chi connectivity index (χ1n) is 5.41. The standard InChI is InChI=1S/C12H22O/c1-4-6-7-8-9-12(10-13)11(3)5-2/h9-11H,4-8H2,1-3H3. The summed E-state index contributed by atoms with van der Waals surface area (Å²) in [5, 5.41) is 0. The molecule has 0 aliphatic rings. The number of rotatable bonds is 7. The molecular formula is C12H22O. The van der Waals surface area contributed by atoms with Crippen LogP contribution in [0.1, 0.15) is 52.9 Å². The third-order valence-corrected chi connectivity index (χ3v) is 2.51. The van der Waals surface area contributed by atoms with Gasteiger partial charge in [0.15, 0.2) is 0 Å². The van der Waals surface area contributed by atoms with Crippen LogP contribution in [0.2, 0.25) is 0 Å². The summed E-state index contributed by atoms with van der Waals surface area (Å²) in [7, 11) is 0. The molecule has 0 radical (unpaired) electrons. The van der Waals surface area contributed by atoms with Gasteiger partial charge >= 0.3 is 0 Å². The summed E-state index contributed by atoms with van der Waals surface area (Å²) in [6, 6.07) is 0. The van der Waals surface area contributed by atoms with Crippen LogP contribution >= 0.6 is 0 Å². The van der Waals surface area contributed by atoms with Crippen LogP contribution in [0.4, 0.5) is 0 Å². The van der Waals surface area contributed by atoms with Crippen LogP contribution in [-0.4, -0.2) is 6.29 Å². The number of carbonyl (C=O) groups is 1. The van der Waals surface area contributed by atoms with E-state index in [0.717, 1.165) is 24.7 Å². The van der Waals surface area contributed by atoms with Gasteiger partial charge in [-0.25, -0.2) is 0 Å². The molecule has 76 valence electrons. The maximum Gasteiger partial charge on any atom is 0.145 e. The lowest BCUT2D eigenvalue weighted by Crippen LogP contribution is -1.98. The van der Waals surface area contributed by atoms with Crippen LogP contribution in [-0.2, 0) is 4.79 Å². The predicted octanol–water partition coefficient (Wildman–Crippen LogP) is 3.74. The molecular weight excluding hydrogens is 160 g/mol. The fourth-order valence-electron chi connectivity index (χ4n) is 1.26. The van der Waals surface area contributed by atoms with Crippen molar-refractivity contribution in [2.24, 2.45) is 5.92 Å². The molecule has 0 fully saturated rings. The Balaban J connectivity index is 3.85. The van der Waals surface area contributed by atoms with Gasteiger partial charge in [-0.2, -0.15) is 0 Å². The Morgan fingerprint density at radius 1 is 1.31 bits per heavy atom. The Morgan fingerprint density at radius 2 is 2.00 bits per heavy atom. The molecule has 0 N–H and O–H groups in total. The number of allylic oxidation sites excluding steroid dienone is 2. The molecule has 0 spiro atoms. The number of hydrogen-bond donors (Lipinski definition) is 0. The van der Waals surface area contributed by atoms with Gasteiger partial charge in [-0.05, 0) is 30.8 Å². The highest BCUT2D eigenvalue weighted by molar-refractivity contribution is 5.73. The molecule has 1 unspecified atom stereocenters. The van der Waals surface area contributed by atoms with Crippen molar-refractivity contribution >= 4 is 6.29 Å². The Morgan fingerprint density at radius 3 is 2.46 bits per heavy atom. The SMILES string of the molecule is CCCCCC=C(C=O)C(C)CC. The minimum atomic E-state index is 0.430. The van der Waals surface area contributed by atoms with Crippen LogP contribution in [0.3, 0.4) is 0 Å². The number of aldehydes is 1. The quantitative estimate of drug-likeness (QED) is 0.333. The van der Waals surface area contributed by atoms with Crippen molar-refractivity contribution < 1.29 is 4.79 Å².